The van der Waals surface area contributed by atoms with Crippen LogP contribution in [0.2, 0.25) is 0 Å². The summed E-state index contributed by atoms with van der Waals surface area (Å²) in [6, 6.07) is 4.66. The van der Waals surface area contributed by atoms with E-state index in [1.54, 1.807) is 6.07 Å². The lowest BCUT2D eigenvalue weighted by atomic mass is 9.91. The van der Waals surface area contributed by atoms with Crippen LogP contribution >= 0.6 is 0 Å². The number of aromatic nitrogens is 1. The third-order valence-corrected chi connectivity index (χ3v) is 5.01. The van der Waals surface area contributed by atoms with E-state index in [1.807, 2.05) is 0 Å². The van der Waals surface area contributed by atoms with Crippen molar-refractivity contribution in [2.75, 3.05) is 32.8 Å². The highest BCUT2D eigenvalue weighted by Gasteiger charge is 2.25. The summed E-state index contributed by atoms with van der Waals surface area (Å²) in [6.45, 7) is 4.70. The topological polar surface area (TPSA) is 47.7 Å². The number of likely N-dealkylation sites (tertiary alicyclic amines) is 1. The van der Waals surface area contributed by atoms with Crippen LogP contribution in [0.1, 0.15) is 37.3 Å². The molecule has 2 fully saturated rings. The van der Waals surface area contributed by atoms with Crippen molar-refractivity contribution in [2.24, 2.45) is 0 Å². The number of ether oxygens (including phenoxy) is 2. The van der Waals surface area contributed by atoms with Gasteiger partial charge in [-0.1, -0.05) is 5.16 Å². The van der Waals surface area contributed by atoms with Crippen LogP contribution in [0.15, 0.2) is 22.7 Å². The lowest BCUT2D eigenvalue weighted by Crippen LogP contribution is -2.36. The number of fused-ring (bicyclic) bond motifs is 1. The smallest absolute Gasteiger partial charge is 0.170 e. The summed E-state index contributed by atoms with van der Waals surface area (Å²) in [5.41, 5.74) is 1.52. The molecule has 130 valence electrons. The van der Waals surface area contributed by atoms with Crippen LogP contribution in [0.4, 0.5) is 4.39 Å². The van der Waals surface area contributed by atoms with Gasteiger partial charge < -0.3 is 18.9 Å². The number of hydrogen-bond acceptors (Lipinski definition) is 5. The largest absolute Gasteiger partial charge is 0.356 e. The summed E-state index contributed by atoms with van der Waals surface area (Å²) in [7, 11) is 0. The van der Waals surface area contributed by atoms with Crippen molar-refractivity contribution in [3.63, 3.8) is 0 Å². The lowest BCUT2D eigenvalue weighted by Gasteiger charge is -2.32. The molecule has 0 aliphatic carbocycles. The molecule has 0 amide bonds. The molecule has 1 aromatic carbocycles. The van der Waals surface area contributed by atoms with E-state index in [2.05, 4.69) is 10.1 Å². The number of halogens is 1. The molecule has 0 bridgehead atoms. The number of rotatable bonds is 4. The fourth-order valence-electron chi connectivity index (χ4n) is 3.65. The zero-order chi connectivity index (χ0) is 16.4. The van der Waals surface area contributed by atoms with Gasteiger partial charge in [-0.05, 0) is 44.5 Å². The molecule has 0 saturated carbocycles. The number of hydrogen-bond donors (Lipinski definition) is 0. The van der Waals surface area contributed by atoms with Gasteiger partial charge in [-0.2, -0.15) is 0 Å². The number of benzene rings is 1. The standard InChI is InChI=1S/C18H23FN2O3/c19-14-2-3-15-16(12-14)24-20-18(15)13-4-7-21(8-5-13)9-6-17-22-10-1-11-23-17/h2-3,12-13,17H,1,4-11H2. The molecular weight excluding hydrogens is 311 g/mol. The van der Waals surface area contributed by atoms with Gasteiger partial charge in [0.05, 0.1) is 18.9 Å². The molecule has 0 N–H and O–H groups in total. The van der Waals surface area contributed by atoms with Gasteiger partial charge in [0, 0.05) is 30.3 Å². The first-order valence-corrected chi connectivity index (χ1v) is 8.80. The molecule has 6 heteroatoms. The summed E-state index contributed by atoms with van der Waals surface area (Å²) in [6.07, 6.45) is 3.98. The maximum absolute atomic E-state index is 13.3. The third kappa shape index (κ3) is 3.45. The predicted molar refractivity (Wildman–Crippen MR) is 87.3 cm³/mol. The SMILES string of the molecule is Fc1ccc2c(C3CCN(CCC4OCCCO4)CC3)noc2c1. The van der Waals surface area contributed by atoms with Crippen LogP contribution in [0, 0.1) is 5.82 Å². The first-order valence-electron chi connectivity index (χ1n) is 8.80. The Labute approximate surface area is 140 Å². The molecule has 2 aliphatic heterocycles. The Morgan fingerprint density at radius 3 is 2.75 bits per heavy atom. The molecule has 0 atom stereocenters. The quantitative estimate of drug-likeness (QED) is 0.858. The minimum atomic E-state index is -0.285. The third-order valence-electron chi connectivity index (χ3n) is 5.01. The fraction of sp³-hybridized carbons (Fsp3) is 0.611. The monoisotopic (exact) mass is 334 g/mol. The van der Waals surface area contributed by atoms with Crippen LogP contribution in [0.5, 0.6) is 0 Å². The lowest BCUT2D eigenvalue weighted by molar-refractivity contribution is -0.182. The maximum atomic E-state index is 13.3. The van der Waals surface area contributed by atoms with E-state index in [4.69, 9.17) is 14.0 Å². The molecule has 2 aliphatic rings. The molecule has 2 saturated heterocycles. The Kier molecular flexibility index (Phi) is 4.78. The molecule has 4 rings (SSSR count). The van der Waals surface area contributed by atoms with Gasteiger partial charge in [-0.15, -0.1) is 0 Å². The van der Waals surface area contributed by atoms with E-state index >= 15 is 0 Å². The van der Waals surface area contributed by atoms with Crippen molar-refractivity contribution in [1.29, 1.82) is 0 Å². The van der Waals surface area contributed by atoms with Crippen molar-refractivity contribution in [1.82, 2.24) is 10.1 Å². The number of nitrogens with zero attached hydrogens (tertiary/aromatic N) is 2. The molecule has 24 heavy (non-hydrogen) atoms. The van der Waals surface area contributed by atoms with Crippen molar-refractivity contribution >= 4 is 11.0 Å². The highest BCUT2D eigenvalue weighted by Crippen LogP contribution is 2.32. The Morgan fingerprint density at radius 1 is 1.17 bits per heavy atom. The molecule has 0 radical (unpaired) electrons. The summed E-state index contributed by atoms with van der Waals surface area (Å²) >= 11 is 0. The molecule has 0 spiro atoms. The zero-order valence-corrected chi connectivity index (χ0v) is 13.7. The van der Waals surface area contributed by atoms with Gasteiger partial charge in [0.25, 0.3) is 0 Å². The van der Waals surface area contributed by atoms with Gasteiger partial charge in [-0.3, -0.25) is 0 Å². The Bertz CT molecular complexity index is 676. The van der Waals surface area contributed by atoms with E-state index in [0.717, 1.165) is 69.6 Å². The van der Waals surface area contributed by atoms with Gasteiger partial charge >= 0.3 is 0 Å². The normalized spacial score (nSPS) is 21.5. The van der Waals surface area contributed by atoms with Crippen LogP contribution in [-0.4, -0.2) is 49.2 Å². The predicted octanol–water partition coefficient (Wildman–Crippen LogP) is 3.30. The highest BCUT2D eigenvalue weighted by atomic mass is 19.1. The minimum absolute atomic E-state index is 0.0362. The molecule has 2 aromatic rings. The molecule has 3 heterocycles. The van der Waals surface area contributed by atoms with Crippen molar-refractivity contribution < 1.29 is 18.4 Å². The second-order valence-corrected chi connectivity index (χ2v) is 6.64. The minimum Gasteiger partial charge on any atom is -0.356 e. The van der Waals surface area contributed by atoms with Gasteiger partial charge in [0.1, 0.15) is 5.82 Å². The Morgan fingerprint density at radius 2 is 1.96 bits per heavy atom. The maximum Gasteiger partial charge on any atom is 0.170 e. The van der Waals surface area contributed by atoms with Gasteiger partial charge in [0.15, 0.2) is 11.9 Å². The molecule has 5 nitrogen and oxygen atoms in total. The van der Waals surface area contributed by atoms with Crippen LogP contribution in [0.25, 0.3) is 11.0 Å². The van der Waals surface area contributed by atoms with Gasteiger partial charge in [0.2, 0.25) is 0 Å². The van der Waals surface area contributed by atoms with Crippen LogP contribution in [0.3, 0.4) is 0 Å². The Balaban J connectivity index is 1.32. The van der Waals surface area contributed by atoms with E-state index in [0.29, 0.717) is 11.5 Å². The Hall–Kier alpha value is -1.50. The summed E-state index contributed by atoms with van der Waals surface area (Å²) < 4.78 is 29.8. The summed E-state index contributed by atoms with van der Waals surface area (Å²) in [4.78, 5) is 2.46. The van der Waals surface area contributed by atoms with E-state index < -0.39 is 0 Å². The molecule has 0 unspecified atom stereocenters. The first-order chi connectivity index (χ1) is 11.8. The van der Waals surface area contributed by atoms with E-state index in [1.165, 1.54) is 12.1 Å². The molecule has 1 aromatic heterocycles. The zero-order valence-electron chi connectivity index (χ0n) is 13.7. The van der Waals surface area contributed by atoms with E-state index in [-0.39, 0.29) is 12.1 Å². The van der Waals surface area contributed by atoms with Crippen LogP contribution < -0.4 is 0 Å². The van der Waals surface area contributed by atoms with Crippen molar-refractivity contribution in [3.05, 3.63) is 29.7 Å². The first kappa shape index (κ1) is 16.0. The van der Waals surface area contributed by atoms with Crippen molar-refractivity contribution in [3.8, 4) is 0 Å². The second-order valence-electron chi connectivity index (χ2n) is 6.64. The van der Waals surface area contributed by atoms with Crippen LogP contribution in [-0.2, 0) is 9.47 Å². The van der Waals surface area contributed by atoms with E-state index in [9.17, 15) is 4.39 Å². The average Bonchev–Trinajstić information content (AvgIpc) is 3.04. The van der Waals surface area contributed by atoms with Gasteiger partial charge in [-0.25, -0.2) is 4.39 Å². The van der Waals surface area contributed by atoms with Crippen molar-refractivity contribution in [2.45, 2.75) is 37.9 Å². The summed E-state index contributed by atoms with van der Waals surface area (Å²) in [5.74, 6) is 0.0994. The average molecular weight is 334 g/mol. The second kappa shape index (κ2) is 7.17. The molecular formula is C18H23FN2O3. The highest BCUT2D eigenvalue weighted by molar-refractivity contribution is 5.79. The fourth-order valence-corrected chi connectivity index (χ4v) is 3.65. The summed E-state index contributed by atoms with van der Waals surface area (Å²) in [5, 5.41) is 5.15. The number of piperidine rings is 1.